The fraction of sp³-hybridized carbons (Fsp3) is 0.500. The summed E-state index contributed by atoms with van der Waals surface area (Å²) >= 11 is 0. The Morgan fingerprint density at radius 3 is 3.00 bits per heavy atom. The van der Waals surface area contributed by atoms with Crippen molar-refractivity contribution in [2.75, 3.05) is 0 Å². The lowest BCUT2D eigenvalue weighted by Crippen LogP contribution is -2.35. The molecule has 0 radical (unpaired) electrons. The minimum absolute atomic E-state index is 0.0250. The van der Waals surface area contributed by atoms with E-state index in [1.54, 1.807) is 6.07 Å². The van der Waals surface area contributed by atoms with Crippen molar-refractivity contribution in [3.05, 3.63) is 34.2 Å². The molecule has 4 unspecified atom stereocenters. The van der Waals surface area contributed by atoms with Crippen molar-refractivity contribution in [2.24, 2.45) is 0 Å². The van der Waals surface area contributed by atoms with Crippen LogP contribution in [0.5, 0.6) is 0 Å². The number of rotatable bonds is 2. The van der Waals surface area contributed by atoms with Gasteiger partial charge in [-0.1, -0.05) is 21.3 Å². The van der Waals surface area contributed by atoms with Crippen molar-refractivity contribution >= 4 is 33.1 Å². The minimum Gasteiger partial charge on any atom is -0.309 e. The zero-order valence-corrected chi connectivity index (χ0v) is 13.5. The lowest BCUT2D eigenvalue weighted by Gasteiger charge is -2.36. The molecule has 6 heteroatoms. The Morgan fingerprint density at radius 2 is 2.31 bits per heavy atom. The standard InChI is InChI=1S/C10H17NOP4/c1-7-9(16(14)15-13)6-5-8-3-2-4-10(12)11(7)8/h2-4,7,9,15H,5-6,13-14H2,1H3/t7-,9+,16?/m1/s1. The van der Waals surface area contributed by atoms with E-state index in [9.17, 15) is 4.79 Å². The van der Waals surface area contributed by atoms with Crippen LogP contribution in [-0.2, 0) is 6.42 Å². The number of aryl methyl sites for hydroxylation is 1. The molecule has 16 heavy (non-hydrogen) atoms. The molecule has 0 saturated carbocycles. The highest BCUT2D eigenvalue weighted by molar-refractivity contribution is 8.61. The second kappa shape index (κ2) is 5.54. The van der Waals surface area contributed by atoms with Crippen LogP contribution < -0.4 is 5.56 Å². The molecular weight excluding hydrogens is 274 g/mol. The van der Waals surface area contributed by atoms with E-state index in [1.807, 2.05) is 10.6 Å². The number of nitrogens with zero attached hydrogens (tertiary/aromatic N) is 1. The molecule has 1 aromatic heterocycles. The first-order valence-corrected chi connectivity index (χ1v) is 12.0. The summed E-state index contributed by atoms with van der Waals surface area (Å²) in [6, 6.07) is 6.00. The molecule has 0 saturated heterocycles. The van der Waals surface area contributed by atoms with E-state index in [0.29, 0.717) is 11.7 Å². The molecule has 0 aromatic carbocycles. The first-order chi connectivity index (χ1) is 7.65. The third-order valence-electron chi connectivity index (χ3n) is 3.24. The van der Waals surface area contributed by atoms with Gasteiger partial charge in [0, 0.05) is 23.5 Å². The molecule has 2 rings (SSSR count). The van der Waals surface area contributed by atoms with Crippen LogP contribution >= 0.6 is 33.1 Å². The quantitative estimate of drug-likeness (QED) is 0.766. The van der Waals surface area contributed by atoms with Gasteiger partial charge in [-0.2, -0.15) is 0 Å². The number of hydrogen-bond acceptors (Lipinski definition) is 1. The van der Waals surface area contributed by atoms with Gasteiger partial charge in [-0.25, -0.2) is 0 Å². The molecule has 6 atom stereocenters. The van der Waals surface area contributed by atoms with Gasteiger partial charge in [0.1, 0.15) is 0 Å². The first kappa shape index (κ1) is 13.1. The minimum atomic E-state index is -0.0250. The van der Waals surface area contributed by atoms with Crippen LogP contribution in [0.1, 0.15) is 25.1 Å². The van der Waals surface area contributed by atoms with Gasteiger partial charge in [0.15, 0.2) is 0 Å². The van der Waals surface area contributed by atoms with Crippen molar-refractivity contribution in [3.8, 4) is 0 Å². The van der Waals surface area contributed by atoms with Gasteiger partial charge in [-0.15, -0.1) is 17.9 Å². The predicted octanol–water partition coefficient (Wildman–Crippen LogP) is 3.38. The predicted molar refractivity (Wildman–Crippen MR) is 82.2 cm³/mol. The number of fused-ring (bicyclic) bond motifs is 1. The van der Waals surface area contributed by atoms with E-state index in [2.05, 4.69) is 30.8 Å². The van der Waals surface area contributed by atoms with E-state index in [0.717, 1.165) is 14.4 Å². The maximum Gasteiger partial charge on any atom is 0.250 e. The Morgan fingerprint density at radius 1 is 1.56 bits per heavy atom. The van der Waals surface area contributed by atoms with Crippen LogP contribution in [0.15, 0.2) is 23.0 Å². The van der Waals surface area contributed by atoms with Crippen LogP contribution in [0.2, 0.25) is 0 Å². The molecule has 0 aliphatic carbocycles. The van der Waals surface area contributed by atoms with Crippen molar-refractivity contribution < 1.29 is 0 Å². The molecule has 1 aliphatic heterocycles. The smallest absolute Gasteiger partial charge is 0.250 e. The molecule has 0 N–H and O–H groups in total. The summed E-state index contributed by atoms with van der Waals surface area (Å²) in [5, 5.41) is 0. The lowest BCUT2D eigenvalue weighted by molar-refractivity contribution is 0.427. The molecule has 0 fully saturated rings. The molecule has 0 amide bonds. The largest absolute Gasteiger partial charge is 0.309 e. The third-order valence-corrected chi connectivity index (χ3v) is 14.7. The van der Waals surface area contributed by atoms with Gasteiger partial charge >= 0.3 is 0 Å². The molecule has 88 valence electrons. The molecule has 0 bridgehead atoms. The van der Waals surface area contributed by atoms with Gasteiger partial charge in [0.2, 0.25) is 0 Å². The highest BCUT2D eigenvalue weighted by atomic mass is 32.6. The van der Waals surface area contributed by atoms with E-state index in [4.69, 9.17) is 0 Å². The summed E-state index contributed by atoms with van der Waals surface area (Å²) in [7, 11) is 6.74. The normalized spacial score (nSPS) is 26.9. The van der Waals surface area contributed by atoms with Gasteiger partial charge in [0.25, 0.3) is 5.56 Å². The average Bonchev–Trinajstić information content (AvgIpc) is 2.28. The highest BCUT2D eigenvalue weighted by Gasteiger charge is 2.29. The van der Waals surface area contributed by atoms with Crippen molar-refractivity contribution in [3.63, 3.8) is 0 Å². The fourth-order valence-electron chi connectivity index (χ4n) is 2.39. The SMILES string of the molecule is C[C@@H]1[C@@H](P(P)PP)CCc2cccc(=O)n21. The molecule has 2 nitrogen and oxygen atoms in total. The molecule has 1 aliphatic rings. The summed E-state index contributed by atoms with van der Waals surface area (Å²) in [5.74, 6) is 0. The van der Waals surface area contributed by atoms with E-state index in [-0.39, 0.29) is 12.9 Å². The van der Waals surface area contributed by atoms with Crippen LogP contribution in [0, 0.1) is 0 Å². The fourth-order valence-corrected chi connectivity index (χ4v) is 8.11. The first-order valence-electron chi connectivity index (χ1n) is 5.35. The summed E-state index contributed by atoms with van der Waals surface area (Å²) in [5.41, 5.74) is 2.04. The number of aromatic nitrogens is 1. The van der Waals surface area contributed by atoms with Crippen LogP contribution in [0.3, 0.4) is 0 Å². The van der Waals surface area contributed by atoms with Gasteiger partial charge < -0.3 is 4.57 Å². The molecule has 0 spiro atoms. The Kier molecular flexibility index (Phi) is 4.54. The molecule has 2 heterocycles. The van der Waals surface area contributed by atoms with E-state index < -0.39 is 0 Å². The monoisotopic (exact) mass is 291 g/mol. The maximum absolute atomic E-state index is 11.9. The van der Waals surface area contributed by atoms with Gasteiger partial charge in [-0.05, 0) is 25.8 Å². The Bertz CT molecular complexity index is 433. The second-order valence-corrected chi connectivity index (χ2v) is 13.7. The van der Waals surface area contributed by atoms with Crippen LogP contribution in [0.4, 0.5) is 0 Å². The lowest BCUT2D eigenvalue weighted by atomic mass is 10.0. The van der Waals surface area contributed by atoms with Crippen LogP contribution in [0.25, 0.3) is 0 Å². The van der Waals surface area contributed by atoms with Crippen molar-refractivity contribution in [2.45, 2.75) is 31.5 Å². The molecule has 1 aromatic rings. The Hall–Kier alpha value is 0.670. The zero-order valence-electron chi connectivity index (χ0n) is 9.26. The Labute approximate surface area is 104 Å². The highest BCUT2D eigenvalue weighted by Crippen LogP contribution is 2.71. The maximum atomic E-state index is 11.9. The summed E-state index contributed by atoms with van der Waals surface area (Å²) in [4.78, 5) is 11.9. The zero-order chi connectivity index (χ0) is 11.7. The summed E-state index contributed by atoms with van der Waals surface area (Å²) in [6.45, 7) is 2.19. The van der Waals surface area contributed by atoms with Gasteiger partial charge in [0.05, 0.1) is 0 Å². The third kappa shape index (κ3) is 2.42. The van der Waals surface area contributed by atoms with Crippen molar-refractivity contribution in [1.82, 2.24) is 4.57 Å². The number of pyridine rings is 1. The number of hydrogen-bond donors (Lipinski definition) is 0. The van der Waals surface area contributed by atoms with Crippen LogP contribution in [-0.4, -0.2) is 10.2 Å². The molecular formula is C10H17NOP4. The summed E-state index contributed by atoms with van der Waals surface area (Å²) in [6.07, 6.45) is 2.27. The summed E-state index contributed by atoms with van der Waals surface area (Å²) < 4.78 is 2.00. The van der Waals surface area contributed by atoms with Gasteiger partial charge in [-0.3, -0.25) is 4.79 Å². The topological polar surface area (TPSA) is 22.0 Å². The Balaban J connectivity index is 2.38. The van der Waals surface area contributed by atoms with E-state index in [1.165, 1.54) is 12.1 Å². The second-order valence-electron chi connectivity index (χ2n) is 4.11. The van der Waals surface area contributed by atoms with E-state index >= 15 is 0 Å². The average molecular weight is 291 g/mol. The van der Waals surface area contributed by atoms with Crippen molar-refractivity contribution in [1.29, 1.82) is 0 Å².